The summed E-state index contributed by atoms with van der Waals surface area (Å²) in [6, 6.07) is 0. The number of aromatic amines is 1. The van der Waals surface area contributed by atoms with E-state index in [-0.39, 0.29) is 12.4 Å². The number of aromatic nitrogens is 3. The lowest BCUT2D eigenvalue weighted by molar-refractivity contribution is -0.112. The van der Waals surface area contributed by atoms with Gasteiger partial charge in [0.15, 0.2) is 5.78 Å². The van der Waals surface area contributed by atoms with Crippen LogP contribution < -0.4 is 4.74 Å². The topological polar surface area (TPSA) is 88.1 Å². The minimum atomic E-state index is -0.942. The van der Waals surface area contributed by atoms with Crippen LogP contribution in [0.1, 0.15) is 26.3 Å². The van der Waals surface area contributed by atoms with E-state index in [1.165, 1.54) is 19.3 Å². The Labute approximate surface area is 122 Å². The van der Waals surface area contributed by atoms with Crippen LogP contribution in [0, 0.1) is 0 Å². The summed E-state index contributed by atoms with van der Waals surface area (Å²) < 4.78 is 5.60. The fraction of sp³-hybridized carbons (Fsp3) is 0.400. The molecule has 0 saturated carbocycles. The summed E-state index contributed by atoms with van der Waals surface area (Å²) in [6.45, 7) is 4.97. The third-order valence-electron chi connectivity index (χ3n) is 2.77. The summed E-state index contributed by atoms with van der Waals surface area (Å²) in [5.41, 5.74) is 0.665. The first-order valence-corrected chi connectivity index (χ1v) is 6.70. The Hall–Kier alpha value is -2.21. The number of carbonyl (C=O) groups excluding carboxylic acids is 1. The number of H-pyrrole nitrogens is 1. The predicted octanol–water partition coefficient (Wildman–Crippen LogP) is 1.80. The van der Waals surface area contributed by atoms with Gasteiger partial charge in [-0.15, -0.1) is 0 Å². The van der Waals surface area contributed by atoms with Crippen molar-refractivity contribution < 1.29 is 14.6 Å². The lowest BCUT2D eigenvalue weighted by atomic mass is 10.1. The number of nitrogens with one attached hydrogen (secondary N) is 1. The Morgan fingerprint density at radius 3 is 2.90 bits per heavy atom. The molecule has 0 aromatic carbocycles. The number of ketones is 1. The highest BCUT2D eigenvalue weighted by Gasteiger charge is 2.17. The highest BCUT2D eigenvalue weighted by Crippen LogP contribution is 2.26. The zero-order valence-electron chi connectivity index (χ0n) is 12.4. The maximum absolute atomic E-state index is 10.9. The van der Waals surface area contributed by atoms with Crippen LogP contribution in [0.2, 0.25) is 0 Å². The second-order valence-electron chi connectivity index (χ2n) is 5.53. The first kappa shape index (κ1) is 15.2. The Morgan fingerprint density at radius 2 is 2.24 bits per heavy atom. The number of fused-ring (bicyclic) bond motifs is 1. The Balaban J connectivity index is 2.28. The van der Waals surface area contributed by atoms with E-state index in [1.54, 1.807) is 19.9 Å². The van der Waals surface area contributed by atoms with Gasteiger partial charge in [0, 0.05) is 6.20 Å². The zero-order valence-corrected chi connectivity index (χ0v) is 12.4. The van der Waals surface area contributed by atoms with Gasteiger partial charge >= 0.3 is 0 Å². The molecule has 0 atom stereocenters. The molecule has 0 saturated heterocycles. The van der Waals surface area contributed by atoms with Gasteiger partial charge in [-0.3, -0.25) is 4.79 Å². The quantitative estimate of drug-likeness (QED) is 0.792. The van der Waals surface area contributed by atoms with Crippen LogP contribution in [0.4, 0.5) is 0 Å². The van der Waals surface area contributed by atoms with Crippen molar-refractivity contribution in [3.8, 4) is 5.88 Å². The van der Waals surface area contributed by atoms with Gasteiger partial charge in [-0.1, -0.05) is 6.08 Å². The summed E-state index contributed by atoms with van der Waals surface area (Å²) in [6.07, 6.45) is 7.12. The molecular weight excluding hydrogens is 270 g/mol. The van der Waals surface area contributed by atoms with Crippen molar-refractivity contribution in [2.45, 2.75) is 32.8 Å². The number of hydrogen-bond donors (Lipinski definition) is 2. The molecule has 21 heavy (non-hydrogen) atoms. The molecule has 0 aliphatic heterocycles. The van der Waals surface area contributed by atoms with Gasteiger partial charge in [0.25, 0.3) is 0 Å². The van der Waals surface area contributed by atoms with E-state index in [0.717, 1.165) is 10.9 Å². The van der Waals surface area contributed by atoms with Crippen molar-refractivity contribution in [2.75, 3.05) is 6.61 Å². The third-order valence-corrected chi connectivity index (χ3v) is 2.77. The Morgan fingerprint density at radius 1 is 1.48 bits per heavy atom. The van der Waals surface area contributed by atoms with E-state index < -0.39 is 5.60 Å². The Kier molecular flexibility index (Phi) is 4.37. The average molecular weight is 289 g/mol. The number of ether oxygens (including phenoxy) is 1. The molecule has 6 heteroatoms. The van der Waals surface area contributed by atoms with Crippen molar-refractivity contribution in [3.63, 3.8) is 0 Å². The van der Waals surface area contributed by atoms with Crippen molar-refractivity contribution in [1.82, 2.24) is 15.0 Å². The molecule has 0 radical (unpaired) electrons. The number of rotatable bonds is 6. The lowest BCUT2D eigenvalue weighted by Gasteiger charge is -2.17. The number of aliphatic hydroxyl groups is 1. The van der Waals surface area contributed by atoms with E-state index >= 15 is 0 Å². The summed E-state index contributed by atoms with van der Waals surface area (Å²) >= 11 is 0. The number of carbonyl (C=O) groups is 1. The summed E-state index contributed by atoms with van der Waals surface area (Å²) in [5.74, 6) is 0.430. The highest BCUT2D eigenvalue weighted by atomic mass is 16.5. The molecule has 0 amide bonds. The molecule has 2 heterocycles. The lowest BCUT2D eigenvalue weighted by Crippen LogP contribution is -2.28. The largest absolute Gasteiger partial charge is 0.474 e. The van der Waals surface area contributed by atoms with Gasteiger partial charge in [-0.2, -0.15) is 0 Å². The SMILES string of the molecule is CC(=O)/C=C/Cc1c[nH]c2ncnc(OCC(C)(C)O)c12. The minimum Gasteiger partial charge on any atom is -0.474 e. The minimum absolute atomic E-state index is 0.00425. The second kappa shape index (κ2) is 6.05. The predicted molar refractivity (Wildman–Crippen MR) is 79.2 cm³/mol. The summed E-state index contributed by atoms with van der Waals surface area (Å²) in [5, 5.41) is 10.5. The standard InChI is InChI=1S/C15H19N3O3/c1-10(19)5-4-6-11-7-16-13-12(11)14(18-9-17-13)21-8-15(2,3)20/h4-5,7,9,20H,6,8H2,1-3H3,(H,16,17,18)/b5-4+. The molecule has 112 valence electrons. The van der Waals surface area contributed by atoms with E-state index in [2.05, 4.69) is 15.0 Å². The normalized spacial score (nSPS) is 12.2. The monoisotopic (exact) mass is 289 g/mol. The fourth-order valence-electron chi connectivity index (χ4n) is 1.86. The molecule has 0 aliphatic carbocycles. The zero-order chi connectivity index (χ0) is 15.5. The first-order chi connectivity index (χ1) is 9.87. The second-order valence-corrected chi connectivity index (χ2v) is 5.53. The van der Waals surface area contributed by atoms with Crippen molar-refractivity contribution >= 4 is 16.8 Å². The van der Waals surface area contributed by atoms with Crippen molar-refractivity contribution in [1.29, 1.82) is 0 Å². The molecule has 0 spiro atoms. The summed E-state index contributed by atoms with van der Waals surface area (Å²) in [4.78, 5) is 22.3. The van der Waals surface area contributed by atoms with Gasteiger partial charge in [-0.05, 0) is 38.8 Å². The smallest absolute Gasteiger partial charge is 0.226 e. The number of nitrogens with zero attached hydrogens (tertiary/aromatic N) is 2. The van der Waals surface area contributed by atoms with E-state index in [1.807, 2.05) is 6.20 Å². The molecule has 2 N–H and O–H groups in total. The van der Waals surface area contributed by atoms with E-state index in [0.29, 0.717) is 17.9 Å². The van der Waals surface area contributed by atoms with Crippen LogP contribution in [0.15, 0.2) is 24.7 Å². The number of hydrogen-bond acceptors (Lipinski definition) is 5. The molecule has 0 bridgehead atoms. The van der Waals surface area contributed by atoms with Crippen LogP contribution in [0.5, 0.6) is 5.88 Å². The van der Waals surface area contributed by atoms with Crippen LogP contribution in [0.25, 0.3) is 11.0 Å². The molecular formula is C15H19N3O3. The van der Waals surface area contributed by atoms with Crippen LogP contribution in [0.3, 0.4) is 0 Å². The molecule has 2 aromatic heterocycles. The average Bonchev–Trinajstić information content (AvgIpc) is 2.79. The van der Waals surface area contributed by atoms with Crippen molar-refractivity contribution in [2.24, 2.45) is 0 Å². The number of allylic oxidation sites excluding steroid dienone is 2. The molecule has 0 fully saturated rings. The maximum atomic E-state index is 10.9. The molecule has 0 aliphatic rings. The molecule has 0 unspecified atom stereocenters. The Bertz CT molecular complexity index is 668. The van der Waals surface area contributed by atoms with E-state index in [9.17, 15) is 9.90 Å². The maximum Gasteiger partial charge on any atom is 0.226 e. The fourth-order valence-corrected chi connectivity index (χ4v) is 1.86. The van der Waals surface area contributed by atoms with Gasteiger partial charge < -0.3 is 14.8 Å². The van der Waals surface area contributed by atoms with Crippen LogP contribution >= 0.6 is 0 Å². The van der Waals surface area contributed by atoms with Crippen LogP contribution in [-0.2, 0) is 11.2 Å². The summed E-state index contributed by atoms with van der Waals surface area (Å²) in [7, 11) is 0. The van der Waals surface area contributed by atoms with Crippen LogP contribution in [-0.4, -0.2) is 38.0 Å². The highest BCUT2D eigenvalue weighted by molar-refractivity contribution is 5.88. The van der Waals surface area contributed by atoms with Gasteiger partial charge in [-0.25, -0.2) is 9.97 Å². The first-order valence-electron chi connectivity index (χ1n) is 6.70. The van der Waals surface area contributed by atoms with E-state index in [4.69, 9.17) is 4.74 Å². The molecule has 2 aromatic rings. The third kappa shape index (κ3) is 4.13. The van der Waals surface area contributed by atoms with Crippen molar-refractivity contribution in [3.05, 3.63) is 30.2 Å². The van der Waals surface area contributed by atoms with Gasteiger partial charge in [0.05, 0.1) is 11.0 Å². The molecule has 2 rings (SSSR count). The van der Waals surface area contributed by atoms with Gasteiger partial charge in [0.1, 0.15) is 18.6 Å². The van der Waals surface area contributed by atoms with Gasteiger partial charge in [0.2, 0.25) is 5.88 Å². The molecule has 6 nitrogen and oxygen atoms in total.